The molecule has 219 valence electrons. The van der Waals surface area contributed by atoms with Gasteiger partial charge in [-0.3, -0.25) is 0 Å². The standard InChI is InChI=1S/C21H22NSi.C19H12N.Ir/c1-16-10-11-18(14-20(16)17-8-6-5-7-9-17)21-13-12-19(15-22-21)23(2,3)4;1-2-6-17-14(5-1)8-9-15-13-16(10-11-18(15)17)19-7-3-4-12-20-19;/h5-10,12-15H,1-4H3;1-9,11-13H;/q2*-1;/i1D3;;. The number of hydrogen-bond donors (Lipinski definition) is 0. The Labute approximate surface area is 279 Å². The average molecular weight is 766 g/mol. The maximum atomic E-state index is 7.84. The largest absolute Gasteiger partial charge is 0.305 e. The molecule has 44 heavy (non-hydrogen) atoms. The summed E-state index contributed by atoms with van der Waals surface area (Å²) in [4.78, 5) is 8.99. The fourth-order valence-electron chi connectivity index (χ4n) is 5.11. The third-order valence-corrected chi connectivity index (χ3v) is 9.59. The SMILES string of the molecule is [2H]C([2H])([2H])c1c[c-]c(-c2ccc([Si](C)(C)C)cn2)cc1-c1ccccc1.[Ir].[c-]1cc2c(ccc3ccccc32)cc1-c1ccccn1. The first-order valence-electron chi connectivity index (χ1n) is 15.9. The summed E-state index contributed by atoms with van der Waals surface area (Å²) in [6, 6.07) is 46.6. The number of aryl methyl sites for hydroxylation is 1. The Morgan fingerprint density at radius 1 is 0.636 bits per heavy atom. The fourth-order valence-corrected chi connectivity index (χ4v) is 6.14. The van der Waals surface area contributed by atoms with E-state index < -0.39 is 14.9 Å². The first-order chi connectivity index (χ1) is 22.1. The Morgan fingerprint density at radius 3 is 2.07 bits per heavy atom. The summed E-state index contributed by atoms with van der Waals surface area (Å²) >= 11 is 0. The van der Waals surface area contributed by atoms with E-state index in [0.717, 1.165) is 28.1 Å². The molecule has 7 aromatic rings. The minimum atomic E-state index is -2.19. The van der Waals surface area contributed by atoms with Crippen LogP contribution >= 0.6 is 0 Å². The molecule has 2 aromatic heterocycles. The molecule has 5 aromatic carbocycles. The first-order valence-corrected chi connectivity index (χ1v) is 17.9. The van der Waals surface area contributed by atoms with Gasteiger partial charge < -0.3 is 9.97 Å². The molecule has 2 heterocycles. The number of nitrogens with zero attached hydrogens (tertiary/aromatic N) is 2. The van der Waals surface area contributed by atoms with E-state index in [1.807, 2.05) is 73.1 Å². The van der Waals surface area contributed by atoms with Gasteiger partial charge >= 0.3 is 0 Å². The van der Waals surface area contributed by atoms with Crippen LogP contribution in [0.1, 0.15) is 9.68 Å². The molecule has 0 bridgehead atoms. The minimum absolute atomic E-state index is 0. The quantitative estimate of drug-likeness (QED) is 0.101. The molecule has 0 aliphatic heterocycles. The van der Waals surface area contributed by atoms with Crippen LogP contribution in [0.3, 0.4) is 0 Å². The second kappa shape index (κ2) is 13.6. The minimum Gasteiger partial charge on any atom is -0.305 e. The van der Waals surface area contributed by atoms with Gasteiger partial charge in [-0.05, 0) is 33.6 Å². The summed E-state index contributed by atoms with van der Waals surface area (Å²) in [7, 11) is -1.40. The fraction of sp³-hybridized carbons (Fsp3) is 0.100. The van der Waals surface area contributed by atoms with E-state index >= 15 is 0 Å². The van der Waals surface area contributed by atoms with Crippen molar-refractivity contribution in [3.8, 4) is 33.6 Å². The van der Waals surface area contributed by atoms with Crippen molar-refractivity contribution in [3.05, 3.63) is 151 Å². The van der Waals surface area contributed by atoms with E-state index in [4.69, 9.17) is 4.11 Å². The summed E-state index contributed by atoms with van der Waals surface area (Å²) in [5.41, 5.74) is 5.50. The third-order valence-electron chi connectivity index (χ3n) is 7.56. The van der Waals surface area contributed by atoms with Crippen LogP contribution in [-0.2, 0) is 20.1 Å². The van der Waals surface area contributed by atoms with Crippen molar-refractivity contribution in [2.75, 3.05) is 0 Å². The zero-order chi connectivity index (χ0) is 32.3. The Morgan fingerprint density at radius 2 is 1.34 bits per heavy atom. The average Bonchev–Trinajstić information content (AvgIpc) is 3.08. The summed E-state index contributed by atoms with van der Waals surface area (Å²) < 4.78 is 23.5. The van der Waals surface area contributed by atoms with E-state index in [1.165, 1.54) is 26.7 Å². The number of aromatic nitrogens is 2. The van der Waals surface area contributed by atoms with Gasteiger partial charge in [0.15, 0.2) is 0 Å². The van der Waals surface area contributed by atoms with Gasteiger partial charge in [0.25, 0.3) is 0 Å². The molecule has 0 N–H and O–H groups in total. The van der Waals surface area contributed by atoms with Gasteiger partial charge in [0, 0.05) is 36.6 Å². The second-order valence-corrected chi connectivity index (χ2v) is 16.7. The van der Waals surface area contributed by atoms with Crippen molar-refractivity contribution in [2.45, 2.75) is 26.5 Å². The number of hydrogen-bond acceptors (Lipinski definition) is 2. The van der Waals surface area contributed by atoms with Crippen LogP contribution in [-0.4, -0.2) is 18.0 Å². The predicted molar refractivity (Wildman–Crippen MR) is 185 cm³/mol. The molecule has 0 fully saturated rings. The summed E-state index contributed by atoms with van der Waals surface area (Å²) in [6.07, 6.45) is 3.75. The van der Waals surface area contributed by atoms with E-state index in [1.54, 1.807) is 6.07 Å². The Hall–Kier alpha value is -4.21. The van der Waals surface area contributed by atoms with E-state index in [-0.39, 0.29) is 20.1 Å². The van der Waals surface area contributed by atoms with Crippen LogP contribution in [0.4, 0.5) is 0 Å². The molecule has 0 unspecified atom stereocenters. The molecule has 0 saturated heterocycles. The summed E-state index contributed by atoms with van der Waals surface area (Å²) in [5, 5.41) is 6.29. The zero-order valence-corrected chi connectivity index (χ0v) is 28.3. The van der Waals surface area contributed by atoms with Gasteiger partial charge in [0.1, 0.15) is 0 Å². The van der Waals surface area contributed by atoms with Gasteiger partial charge in [-0.1, -0.05) is 134 Å². The maximum Gasteiger partial charge on any atom is 0.0795 e. The summed E-state index contributed by atoms with van der Waals surface area (Å²) in [5.74, 6) is 0. The van der Waals surface area contributed by atoms with Crippen LogP contribution in [0, 0.1) is 19.0 Å². The molecule has 0 atom stereocenters. The van der Waals surface area contributed by atoms with Crippen LogP contribution in [0.15, 0.2) is 134 Å². The van der Waals surface area contributed by atoms with Crippen LogP contribution in [0.5, 0.6) is 0 Å². The zero-order valence-electron chi connectivity index (χ0n) is 27.9. The smallest absolute Gasteiger partial charge is 0.0795 e. The number of rotatable bonds is 4. The maximum absolute atomic E-state index is 7.84. The molecule has 2 nitrogen and oxygen atoms in total. The molecule has 0 aliphatic rings. The van der Waals surface area contributed by atoms with Crippen molar-refractivity contribution in [1.29, 1.82) is 0 Å². The summed E-state index contributed by atoms with van der Waals surface area (Å²) in [6.45, 7) is 4.67. The number of fused-ring (bicyclic) bond motifs is 3. The number of pyridine rings is 2. The van der Waals surface area contributed by atoms with Crippen LogP contribution in [0.25, 0.3) is 55.2 Å². The molecule has 1 radical (unpaired) electrons. The molecule has 0 aliphatic carbocycles. The van der Waals surface area contributed by atoms with E-state index in [9.17, 15) is 0 Å². The monoisotopic (exact) mass is 766 g/mol. The van der Waals surface area contributed by atoms with E-state index in [2.05, 4.69) is 96.3 Å². The predicted octanol–water partition coefficient (Wildman–Crippen LogP) is 9.92. The van der Waals surface area contributed by atoms with Gasteiger partial charge in [-0.15, -0.1) is 58.5 Å². The Balaban J connectivity index is 0.000000186. The molecule has 0 amide bonds. The first kappa shape index (κ1) is 27.3. The molecular weight excluding hydrogens is 729 g/mol. The second-order valence-electron chi connectivity index (χ2n) is 11.6. The van der Waals surface area contributed by atoms with E-state index in [0.29, 0.717) is 11.1 Å². The molecule has 0 spiro atoms. The van der Waals surface area contributed by atoms with Gasteiger partial charge in [-0.25, -0.2) is 0 Å². The van der Waals surface area contributed by atoms with Crippen molar-refractivity contribution in [3.63, 3.8) is 0 Å². The molecule has 4 heteroatoms. The van der Waals surface area contributed by atoms with Gasteiger partial charge in [-0.2, -0.15) is 0 Å². The normalized spacial score (nSPS) is 12.3. The molecule has 7 rings (SSSR count). The third kappa shape index (κ3) is 6.95. The Kier molecular flexibility index (Phi) is 8.46. The van der Waals surface area contributed by atoms with Gasteiger partial charge in [0.2, 0.25) is 0 Å². The van der Waals surface area contributed by atoms with Crippen molar-refractivity contribution < 1.29 is 24.2 Å². The molecule has 0 saturated carbocycles. The number of benzene rings is 5. The van der Waals surface area contributed by atoms with Crippen molar-refractivity contribution in [2.24, 2.45) is 0 Å². The Bertz CT molecular complexity index is 2110. The van der Waals surface area contributed by atoms with Gasteiger partial charge in [0.05, 0.1) is 8.07 Å². The van der Waals surface area contributed by atoms with Crippen LogP contribution < -0.4 is 5.19 Å². The molecular formula is C40H34IrN2Si-2. The topological polar surface area (TPSA) is 25.8 Å². The van der Waals surface area contributed by atoms with Crippen molar-refractivity contribution in [1.82, 2.24) is 9.97 Å². The van der Waals surface area contributed by atoms with Crippen LogP contribution in [0.2, 0.25) is 19.6 Å². The van der Waals surface area contributed by atoms with Crippen molar-refractivity contribution >= 4 is 34.8 Å².